The second-order valence-electron chi connectivity index (χ2n) is 8.08. The zero-order valence-electron chi connectivity index (χ0n) is 19.0. The average molecular weight is 530 g/mol. The van der Waals surface area contributed by atoms with E-state index in [9.17, 15) is 9.18 Å². The SMILES string of the molecule is COc1cc(Nc2nc(N3C[C@@H](C)N[C@@H](C)C3)ncc2F)ccc1NC(=O)c1cccc(Br)n1. The van der Waals surface area contributed by atoms with Gasteiger partial charge in [-0.3, -0.25) is 4.79 Å². The standard InChI is InChI=1S/C23H25BrFN7O2/c1-13-11-32(12-14(2)27-13)23-26-10-16(25)21(31-23)28-15-7-8-17(19(9-15)34-3)30-22(33)18-5-4-6-20(24)29-18/h4-10,13-14,27H,11-12H2,1-3H3,(H,30,33)(H,26,28,31)/t13-,14+. The van der Waals surface area contributed by atoms with Crippen molar-refractivity contribution in [1.29, 1.82) is 0 Å². The number of nitrogens with one attached hydrogen (secondary N) is 3. The number of benzene rings is 1. The van der Waals surface area contributed by atoms with Crippen LogP contribution in [0.15, 0.2) is 47.2 Å². The van der Waals surface area contributed by atoms with Crippen molar-refractivity contribution in [3.05, 3.63) is 58.7 Å². The highest BCUT2D eigenvalue weighted by molar-refractivity contribution is 9.10. The highest BCUT2D eigenvalue weighted by Crippen LogP contribution is 2.30. The summed E-state index contributed by atoms with van der Waals surface area (Å²) in [5, 5.41) is 9.22. The Balaban J connectivity index is 1.52. The molecule has 1 fully saturated rings. The topological polar surface area (TPSA) is 104 Å². The molecule has 0 radical (unpaired) electrons. The first kappa shape index (κ1) is 23.8. The number of halogens is 2. The third-order valence-corrected chi connectivity index (χ3v) is 5.67. The molecule has 1 aliphatic heterocycles. The first-order chi connectivity index (χ1) is 16.3. The van der Waals surface area contributed by atoms with Crippen LogP contribution in [0.3, 0.4) is 0 Å². The van der Waals surface area contributed by atoms with E-state index in [4.69, 9.17) is 4.74 Å². The molecule has 1 aliphatic rings. The van der Waals surface area contributed by atoms with Gasteiger partial charge < -0.3 is 25.6 Å². The second-order valence-corrected chi connectivity index (χ2v) is 8.89. The summed E-state index contributed by atoms with van der Waals surface area (Å²) in [4.78, 5) is 27.3. The van der Waals surface area contributed by atoms with Crippen molar-refractivity contribution in [1.82, 2.24) is 20.3 Å². The molecule has 178 valence electrons. The number of hydrogen-bond donors (Lipinski definition) is 3. The van der Waals surface area contributed by atoms with Crippen LogP contribution in [0, 0.1) is 5.82 Å². The van der Waals surface area contributed by atoms with Crippen molar-refractivity contribution in [3.8, 4) is 5.75 Å². The molecule has 1 aromatic carbocycles. The van der Waals surface area contributed by atoms with Crippen LogP contribution in [0.2, 0.25) is 0 Å². The van der Waals surface area contributed by atoms with Crippen LogP contribution in [0.25, 0.3) is 0 Å². The van der Waals surface area contributed by atoms with Crippen LogP contribution >= 0.6 is 15.9 Å². The van der Waals surface area contributed by atoms with Crippen molar-refractivity contribution >= 4 is 45.0 Å². The van der Waals surface area contributed by atoms with E-state index in [1.807, 2.05) is 4.90 Å². The van der Waals surface area contributed by atoms with Crippen LogP contribution in [-0.4, -0.2) is 53.1 Å². The summed E-state index contributed by atoms with van der Waals surface area (Å²) in [5.41, 5.74) is 1.25. The molecule has 0 saturated carbocycles. The summed E-state index contributed by atoms with van der Waals surface area (Å²) in [7, 11) is 1.49. The van der Waals surface area contributed by atoms with E-state index in [2.05, 4.69) is 60.7 Å². The fourth-order valence-corrected chi connectivity index (χ4v) is 4.16. The summed E-state index contributed by atoms with van der Waals surface area (Å²) in [5.74, 6) is -0.0430. The van der Waals surface area contributed by atoms with Crippen LogP contribution in [-0.2, 0) is 0 Å². The van der Waals surface area contributed by atoms with E-state index in [1.54, 1.807) is 36.4 Å². The van der Waals surface area contributed by atoms with Gasteiger partial charge in [-0.2, -0.15) is 4.98 Å². The Morgan fingerprint density at radius 1 is 1.21 bits per heavy atom. The molecule has 1 saturated heterocycles. The molecule has 3 N–H and O–H groups in total. The third kappa shape index (κ3) is 5.60. The maximum atomic E-state index is 14.5. The largest absolute Gasteiger partial charge is 0.494 e. The van der Waals surface area contributed by atoms with Gasteiger partial charge in [0.25, 0.3) is 5.91 Å². The molecule has 34 heavy (non-hydrogen) atoms. The van der Waals surface area contributed by atoms with E-state index >= 15 is 0 Å². The lowest BCUT2D eigenvalue weighted by Gasteiger charge is -2.36. The van der Waals surface area contributed by atoms with Gasteiger partial charge in [-0.05, 0) is 54.0 Å². The van der Waals surface area contributed by atoms with Gasteiger partial charge in [0, 0.05) is 36.9 Å². The summed E-state index contributed by atoms with van der Waals surface area (Å²) in [6.07, 6.45) is 1.17. The minimum absolute atomic E-state index is 0.0565. The van der Waals surface area contributed by atoms with E-state index in [-0.39, 0.29) is 29.5 Å². The van der Waals surface area contributed by atoms with Crippen LogP contribution in [0.1, 0.15) is 24.3 Å². The highest BCUT2D eigenvalue weighted by atomic mass is 79.9. The molecule has 0 spiro atoms. The summed E-state index contributed by atoms with van der Waals surface area (Å²) in [6.45, 7) is 5.63. The van der Waals surface area contributed by atoms with Gasteiger partial charge in [-0.25, -0.2) is 14.4 Å². The number of rotatable bonds is 6. The highest BCUT2D eigenvalue weighted by Gasteiger charge is 2.24. The Hall–Kier alpha value is -3.31. The van der Waals surface area contributed by atoms with Crippen LogP contribution < -0.4 is 25.6 Å². The summed E-state index contributed by atoms with van der Waals surface area (Å²) < 4.78 is 20.5. The van der Waals surface area contributed by atoms with Crippen molar-refractivity contribution in [2.75, 3.05) is 35.7 Å². The fourth-order valence-electron chi connectivity index (χ4n) is 3.82. The summed E-state index contributed by atoms with van der Waals surface area (Å²) >= 11 is 3.26. The lowest BCUT2D eigenvalue weighted by atomic mass is 10.1. The van der Waals surface area contributed by atoms with Gasteiger partial charge in [0.05, 0.1) is 19.0 Å². The van der Waals surface area contributed by atoms with E-state index < -0.39 is 5.82 Å². The van der Waals surface area contributed by atoms with Crippen LogP contribution in [0.4, 0.5) is 27.5 Å². The molecule has 3 heterocycles. The van der Waals surface area contributed by atoms with Gasteiger partial charge in [0.1, 0.15) is 16.0 Å². The maximum Gasteiger partial charge on any atom is 0.274 e. The number of hydrogen-bond acceptors (Lipinski definition) is 8. The molecule has 4 rings (SSSR count). The number of anilines is 4. The normalized spacial score (nSPS) is 17.9. The molecule has 1 amide bonds. The summed E-state index contributed by atoms with van der Waals surface area (Å²) in [6, 6.07) is 10.6. The fraction of sp³-hybridized carbons (Fsp3) is 0.304. The molecule has 0 unspecified atom stereocenters. The van der Waals surface area contributed by atoms with E-state index in [0.29, 0.717) is 27.7 Å². The number of ether oxygens (including phenoxy) is 1. The lowest BCUT2D eigenvalue weighted by Crippen LogP contribution is -2.54. The lowest BCUT2D eigenvalue weighted by molar-refractivity contribution is 0.102. The van der Waals surface area contributed by atoms with Crippen molar-refractivity contribution < 1.29 is 13.9 Å². The van der Waals surface area contributed by atoms with Crippen molar-refractivity contribution in [3.63, 3.8) is 0 Å². The van der Waals surface area contributed by atoms with Crippen molar-refractivity contribution in [2.45, 2.75) is 25.9 Å². The average Bonchev–Trinajstić information content (AvgIpc) is 2.80. The minimum Gasteiger partial charge on any atom is -0.494 e. The quantitative estimate of drug-likeness (QED) is 0.412. The molecule has 0 aliphatic carbocycles. The third-order valence-electron chi connectivity index (χ3n) is 5.23. The van der Waals surface area contributed by atoms with Gasteiger partial charge in [0.2, 0.25) is 5.95 Å². The Labute approximate surface area is 205 Å². The maximum absolute atomic E-state index is 14.5. The molecular formula is C23H25BrFN7O2. The number of nitrogens with zero attached hydrogens (tertiary/aromatic N) is 4. The van der Waals surface area contributed by atoms with Gasteiger partial charge in [0.15, 0.2) is 11.6 Å². The van der Waals surface area contributed by atoms with Gasteiger partial charge in [-0.1, -0.05) is 6.07 Å². The number of aromatic nitrogens is 3. The molecular weight excluding hydrogens is 505 g/mol. The van der Waals surface area contributed by atoms with Crippen LogP contribution in [0.5, 0.6) is 5.75 Å². The number of methoxy groups -OCH3 is 1. The molecule has 0 bridgehead atoms. The smallest absolute Gasteiger partial charge is 0.274 e. The monoisotopic (exact) mass is 529 g/mol. The first-order valence-electron chi connectivity index (χ1n) is 10.7. The molecule has 11 heteroatoms. The number of carbonyl (C=O) groups excluding carboxylic acids is 1. The Kier molecular flexibility index (Phi) is 7.23. The Morgan fingerprint density at radius 3 is 2.68 bits per heavy atom. The number of pyridine rings is 1. The molecule has 9 nitrogen and oxygen atoms in total. The predicted octanol–water partition coefficient (Wildman–Crippen LogP) is 3.96. The molecule has 2 atom stereocenters. The van der Waals surface area contributed by atoms with Gasteiger partial charge >= 0.3 is 0 Å². The van der Waals surface area contributed by atoms with Crippen molar-refractivity contribution in [2.24, 2.45) is 0 Å². The van der Waals surface area contributed by atoms with E-state index in [1.165, 1.54) is 13.3 Å². The van der Waals surface area contributed by atoms with E-state index in [0.717, 1.165) is 13.1 Å². The predicted molar refractivity (Wildman–Crippen MR) is 132 cm³/mol. The zero-order chi connectivity index (χ0) is 24.2. The number of amides is 1. The minimum atomic E-state index is -0.572. The zero-order valence-corrected chi connectivity index (χ0v) is 20.6. The molecule has 2 aromatic heterocycles. The Bertz CT molecular complexity index is 1190. The number of piperazine rings is 1. The number of carbonyl (C=O) groups is 1. The molecule has 3 aromatic rings. The Morgan fingerprint density at radius 2 is 1.97 bits per heavy atom. The second kappa shape index (κ2) is 10.3. The van der Waals surface area contributed by atoms with Gasteiger partial charge in [-0.15, -0.1) is 0 Å². The first-order valence-corrected chi connectivity index (χ1v) is 11.5.